The van der Waals surface area contributed by atoms with Crippen LogP contribution in [0.5, 0.6) is 0 Å². The standard InChI is InChI=1S/C11H18O3/c12-7-8-6-10(8)11(13)14-9-4-2-1-3-5-9/h8-10,12H,1-7H2/t8-,10+/m1/s1. The van der Waals surface area contributed by atoms with E-state index in [1.807, 2.05) is 0 Å². The largest absolute Gasteiger partial charge is 0.462 e. The number of rotatable bonds is 3. The van der Waals surface area contributed by atoms with Crippen molar-refractivity contribution in [2.75, 3.05) is 6.61 Å². The smallest absolute Gasteiger partial charge is 0.309 e. The maximum absolute atomic E-state index is 11.5. The lowest BCUT2D eigenvalue weighted by Gasteiger charge is -2.21. The van der Waals surface area contributed by atoms with Crippen molar-refractivity contribution in [1.29, 1.82) is 0 Å². The van der Waals surface area contributed by atoms with Crippen LogP contribution >= 0.6 is 0 Å². The molecule has 2 rings (SSSR count). The van der Waals surface area contributed by atoms with E-state index in [0.29, 0.717) is 0 Å². The van der Waals surface area contributed by atoms with Crippen LogP contribution < -0.4 is 0 Å². The van der Waals surface area contributed by atoms with Crippen LogP contribution in [-0.2, 0) is 9.53 Å². The summed E-state index contributed by atoms with van der Waals surface area (Å²) in [4.78, 5) is 11.5. The third-order valence-electron chi connectivity index (χ3n) is 3.29. The van der Waals surface area contributed by atoms with Crippen LogP contribution in [0.2, 0.25) is 0 Å². The number of carbonyl (C=O) groups excluding carboxylic acids is 1. The van der Waals surface area contributed by atoms with E-state index >= 15 is 0 Å². The Balaban J connectivity index is 1.71. The average Bonchev–Trinajstić information content (AvgIpc) is 2.98. The van der Waals surface area contributed by atoms with Crippen LogP contribution in [0.4, 0.5) is 0 Å². The van der Waals surface area contributed by atoms with Gasteiger partial charge >= 0.3 is 5.97 Å². The Hall–Kier alpha value is -0.570. The van der Waals surface area contributed by atoms with Gasteiger partial charge in [0.05, 0.1) is 5.92 Å². The number of hydrogen-bond acceptors (Lipinski definition) is 3. The third kappa shape index (κ3) is 2.27. The Kier molecular flexibility index (Phi) is 3.06. The second kappa shape index (κ2) is 4.30. The molecule has 0 aromatic rings. The van der Waals surface area contributed by atoms with Crippen molar-refractivity contribution >= 4 is 5.97 Å². The van der Waals surface area contributed by atoms with Crippen molar-refractivity contribution < 1.29 is 14.6 Å². The van der Waals surface area contributed by atoms with Crippen molar-refractivity contribution in [3.05, 3.63) is 0 Å². The zero-order chi connectivity index (χ0) is 9.97. The molecule has 14 heavy (non-hydrogen) atoms. The summed E-state index contributed by atoms with van der Waals surface area (Å²) in [6, 6.07) is 0. The Morgan fingerprint density at radius 1 is 1.29 bits per heavy atom. The summed E-state index contributed by atoms with van der Waals surface area (Å²) >= 11 is 0. The van der Waals surface area contributed by atoms with Crippen LogP contribution in [0.1, 0.15) is 38.5 Å². The fourth-order valence-electron chi connectivity index (χ4n) is 2.17. The first-order valence-corrected chi connectivity index (χ1v) is 5.62. The zero-order valence-corrected chi connectivity index (χ0v) is 8.45. The van der Waals surface area contributed by atoms with Gasteiger partial charge < -0.3 is 9.84 Å². The lowest BCUT2D eigenvalue weighted by atomic mass is 9.98. The Morgan fingerprint density at radius 2 is 2.00 bits per heavy atom. The molecule has 0 amide bonds. The van der Waals surface area contributed by atoms with Gasteiger partial charge in [-0.25, -0.2) is 0 Å². The van der Waals surface area contributed by atoms with E-state index in [1.54, 1.807) is 0 Å². The number of aliphatic hydroxyl groups excluding tert-OH is 1. The van der Waals surface area contributed by atoms with E-state index in [0.717, 1.165) is 19.3 Å². The first-order chi connectivity index (χ1) is 6.81. The molecule has 2 saturated carbocycles. The van der Waals surface area contributed by atoms with Gasteiger partial charge in [-0.1, -0.05) is 6.42 Å². The molecule has 1 N–H and O–H groups in total. The first kappa shape index (κ1) is 9.97. The van der Waals surface area contributed by atoms with Gasteiger partial charge in [0.25, 0.3) is 0 Å². The maximum Gasteiger partial charge on any atom is 0.309 e. The van der Waals surface area contributed by atoms with Crippen molar-refractivity contribution in [1.82, 2.24) is 0 Å². The fourth-order valence-corrected chi connectivity index (χ4v) is 2.17. The highest BCUT2D eigenvalue weighted by molar-refractivity contribution is 5.75. The molecular formula is C11H18O3. The van der Waals surface area contributed by atoms with Crippen LogP contribution in [0.3, 0.4) is 0 Å². The van der Waals surface area contributed by atoms with E-state index in [-0.39, 0.29) is 30.5 Å². The number of aliphatic hydroxyl groups is 1. The molecular weight excluding hydrogens is 180 g/mol. The molecule has 3 nitrogen and oxygen atoms in total. The van der Waals surface area contributed by atoms with Crippen molar-refractivity contribution in [2.24, 2.45) is 11.8 Å². The molecule has 2 fully saturated rings. The third-order valence-corrected chi connectivity index (χ3v) is 3.29. The average molecular weight is 198 g/mol. The molecule has 0 saturated heterocycles. The number of carbonyl (C=O) groups is 1. The van der Waals surface area contributed by atoms with Gasteiger partial charge in [-0.2, -0.15) is 0 Å². The van der Waals surface area contributed by atoms with Crippen LogP contribution in [-0.4, -0.2) is 23.8 Å². The molecule has 0 aliphatic heterocycles. The summed E-state index contributed by atoms with van der Waals surface area (Å²) in [6.45, 7) is 0.129. The van der Waals surface area contributed by atoms with E-state index < -0.39 is 0 Å². The Labute approximate surface area is 84.4 Å². The molecule has 0 heterocycles. The van der Waals surface area contributed by atoms with E-state index in [4.69, 9.17) is 9.84 Å². The number of esters is 1. The van der Waals surface area contributed by atoms with Gasteiger partial charge in [-0.15, -0.1) is 0 Å². The summed E-state index contributed by atoms with van der Waals surface area (Å²) < 4.78 is 5.40. The predicted octanol–water partition coefficient (Wildman–Crippen LogP) is 1.49. The molecule has 80 valence electrons. The van der Waals surface area contributed by atoms with Crippen molar-refractivity contribution in [3.63, 3.8) is 0 Å². The minimum absolute atomic E-state index is 0.00178. The number of hydrogen-bond donors (Lipinski definition) is 1. The van der Waals surface area contributed by atoms with Gasteiger partial charge in [0, 0.05) is 6.61 Å². The van der Waals surface area contributed by atoms with Crippen LogP contribution in [0.25, 0.3) is 0 Å². The van der Waals surface area contributed by atoms with E-state index in [9.17, 15) is 4.79 Å². The summed E-state index contributed by atoms with van der Waals surface area (Å²) in [7, 11) is 0. The van der Waals surface area contributed by atoms with Gasteiger partial charge in [-0.3, -0.25) is 4.79 Å². The maximum atomic E-state index is 11.5. The molecule has 2 atom stereocenters. The molecule has 3 heteroatoms. The zero-order valence-electron chi connectivity index (χ0n) is 8.45. The summed E-state index contributed by atoms with van der Waals surface area (Å²) in [6.07, 6.45) is 6.69. The highest BCUT2D eigenvalue weighted by atomic mass is 16.5. The molecule has 0 bridgehead atoms. The van der Waals surface area contributed by atoms with Gasteiger partial charge in [0.1, 0.15) is 6.10 Å². The van der Waals surface area contributed by atoms with Crippen molar-refractivity contribution in [2.45, 2.75) is 44.6 Å². The monoisotopic (exact) mass is 198 g/mol. The number of ether oxygens (including phenoxy) is 1. The SMILES string of the molecule is O=C(OC1CCCCC1)[C@H]1C[C@@H]1CO. The molecule has 0 unspecified atom stereocenters. The highest BCUT2D eigenvalue weighted by Crippen LogP contribution is 2.39. The highest BCUT2D eigenvalue weighted by Gasteiger charge is 2.44. The van der Waals surface area contributed by atoms with E-state index in [1.165, 1.54) is 19.3 Å². The molecule has 2 aliphatic carbocycles. The second-order valence-corrected chi connectivity index (χ2v) is 4.48. The lowest BCUT2D eigenvalue weighted by Crippen LogP contribution is -2.22. The predicted molar refractivity (Wildman–Crippen MR) is 51.6 cm³/mol. The summed E-state index contributed by atoms with van der Waals surface area (Å²) in [5.41, 5.74) is 0. The molecule has 0 aromatic carbocycles. The lowest BCUT2D eigenvalue weighted by molar-refractivity contribution is -0.152. The van der Waals surface area contributed by atoms with Crippen molar-refractivity contribution in [3.8, 4) is 0 Å². The fraction of sp³-hybridized carbons (Fsp3) is 0.909. The van der Waals surface area contributed by atoms with Gasteiger partial charge in [-0.05, 0) is 38.0 Å². The summed E-state index contributed by atoms with van der Waals surface area (Å²) in [5.74, 6) is 0.115. The molecule has 0 radical (unpaired) electrons. The quantitative estimate of drug-likeness (QED) is 0.699. The summed E-state index contributed by atoms with van der Waals surface area (Å²) in [5, 5.41) is 8.82. The topological polar surface area (TPSA) is 46.5 Å². The minimum atomic E-state index is -0.0732. The molecule has 2 aliphatic rings. The second-order valence-electron chi connectivity index (χ2n) is 4.48. The van der Waals surface area contributed by atoms with E-state index in [2.05, 4.69) is 0 Å². The molecule has 0 spiro atoms. The Bertz CT molecular complexity index is 209. The first-order valence-electron chi connectivity index (χ1n) is 5.62. The minimum Gasteiger partial charge on any atom is -0.462 e. The van der Waals surface area contributed by atoms with Gasteiger partial charge in [0.15, 0.2) is 0 Å². The molecule has 0 aromatic heterocycles. The van der Waals surface area contributed by atoms with Gasteiger partial charge in [0.2, 0.25) is 0 Å². The van der Waals surface area contributed by atoms with Crippen LogP contribution in [0, 0.1) is 11.8 Å². The Morgan fingerprint density at radius 3 is 2.57 bits per heavy atom. The van der Waals surface area contributed by atoms with Crippen LogP contribution in [0.15, 0.2) is 0 Å². The normalized spacial score (nSPS) is 32.6.